The second kappa shape index (κ2) is 2.69. The van der Waals surface area contributed by atoms with E-state index in [0.717, 1.165) is 0 Å². The summed E-state index contributed by atoms with van der Waals surface area (Å²) < 4.78 is 4.73. The third-order valence-corrected chi connectivity index (χ3v) is 1.88. The Morgan fingerprint density at radius 2 is 2.00 bits per heavy atom. The molecule has 1 saturated heterocycles. The molecule has 1 aliphatic heterocycles. The Kier molecular flexibility index (Phi) is 2.17. The summed E-state index contributed by atoms with van der Waals surface area (Å²) in [7, 11) is 0. The number of hydrogen-bond donors (Lipinski definition) is 4. The zero-order chi connectivity index (χ0) is 8.65. The first-order valence-electron chi connectivity index (χ1n) is 3.38. The van der Waals surface area contributed by atoms with Crippen LogP contribution < -0.4 is 0 Å². The molecule has 0 aliphatic carbocycles. The highest BCUT2D eigenvalue weighted by Crippen LogP contribution is 2.28. The molecule has 5 heteroatoms. The molecular formula is C6H12O5. The molecule has 0 bridgehead atoms. The predicted molar refractivity (Wildman–Crippen MR) is 34.6 cm³/mol. The molecule has 0 radical (unpaired) electrons. The predicted octanol–water partition coefficient (Wildman–Crippen LogP) is -2.19. The summed E-state index contributed by atoms with van der Waals surface area (Å²) in [5.74, 6) is -2.00. The monoisotopic (exact) mass is 164 g/mol. The largest absolute Gasteiger partial charge is 0.391 e. The van der Waals surface area contributed by atoms with E-state index < -0.39 is 30.7 Å². The molecular weight excluding hydrogens is 152 g/mol. The fourth-order valence-corrected chi connectivity index (χ4v) is 1.12. The summed E-state index contributed by atoms with van der Waals surface area (Å²) in [6.07, 6.45) is -3.25. The standard InChI is InChI=1S/C6H12O5/c1-3-4(8)5(9)6(10,2-7)11-3/h3-5,7-10H,2H2,1H3/t3-,4-,5+,6-/m0/s1. The smallest absolute Gasteiger partial charge is 0.219 e. The lowest BCUT2D eigenvalue weighted by atomic mass is 10.1. The summed E-state index contributed by atoms with van der Waals surface area (Å²) in [5, 5.41) is 36.0. The third kappa shape index (κ3) is 1.25. The van der Waals surface area contributed by atoms with Crippen LogP contribution in [0, 0.1) is 0 Å². The quantitative estimate of drug-likeness (QED) is 0.353. The highest BCUT2D eigenvalue weighted by atomic mass is 16.7. The van der Waals surface area contributed by atoms with Crippen LogP contribution in [0.15, 0.2) is 0 Å². The van der Waals surface area contributed by atoms with Crippen molar-refractivity contribution in [2.24, 2.45) is 0 Å². The van der Waals surface area contributed by atoms with Crippen LogP contribution in [0.5, 0.6) is 0 Å². The first-order valence-corrected chi connectivity index (χ1v) is 3.38. The zero-order valence-electron chi connectivity index (χ0n) is 6.14. The summed E-state index contributed by atoms with van der Waals surface area (Å²) in [4.78, 5) is 0. The molecule has 11 heavy (non-hydrogen) atoms. The van der Waals surface area contributed by atoms with Gasteiger partial charge < -0.3 is 25.2 Å². The van der Waals surface area contributed by atoms with Crippen molar-refractivity contribution in [3.8, 4) is 0 Å². The first kappa shape index (κ1) is 8.89. The van der Waals surface area contributed by atoms with Crippen molar-refractivity contribution in [1.29, 1.82) is 0 Å². The Balaban J connectivity index is 2.73. The molecule has 0 amide bonds. The lowest BCUT2D eigenvalue weighted by molar-refractivity contribution is -0.243. The van der Waals surface area contributed by atoms with E-state index in [-0.39, 0.29) is 0 Å². The second-order valence-corrected chi connectivity index (χ2v) is 2.76. The maximum atomic E-state index is 9.23. The van der Waals surface area contributed by atoms with Gasteiger partial charge in [-0.3, -0.25) is 0 Å². The van der Waals surface area contributed by atoms with Crippen molar-refractivity contribution >= 4 is 0 Å². The van der Waals surface area contributed by atoms with Gasteiger partial charge in [-0.15, -0.1) is 0 Å². The van der Waals surface area contributed by atoms with Crippen LogP contribution in [0.25, 0.3) is 0 Å². The van der Waals surface area contributed by atoms with Gasteiger partial charge in [-0.05, 0) is 6.92 Å². The minimum atomic E-state index is -2.00. The molecule has 0 saturated carbocycles. The maximum Gasteiger partial charge on any atom is 0.219 e. The molecule has 1 aliphatic rings. The molecule has 0 aromatic heterocycles. The van der Waals surface area contributed by atoms with Gasteiger partial charge in [-0.2, -0.15) is 0 Å². The molecule has 1 heterocycles. The molecule has 4 atom stereocenters. The Morgan fingerprint density at radius 3 is 2.18 bits per heavy atom. The van der Waals surface area contributed by atoms with Crippen LogP contribution in [0.2, 0.25) is 0 Å². The van der Waals surface area contributed by atoms with Crippen molar-refractivity contribution < 1.29 is 25.2 Å². The van der Waals surface area contributed by atoms with Gasteiger partial charge in [0, 0.05) is 0 Å². The molecule has 0 spiro atoms. The van der Waals surface area contributed by atoms with Crippen molar-refractivity contribution in [1.82, 2.24) is 0 Å². The van der Waals surface area contributed by atoms with Crippen molar-refractivity contribution in [2.75, 3.05) is 6.61 Å². The third-order valence-electron chi connectivity index (χ3n) is 1.88. The highest BCUT2D eigenvalue weighted by molar-refractivity contribution is 4.93. The number of rotatable bonds is 1. The van der Waals surface area contributed by atoms with Gasteiger partial charge in [0.05, 0.1) is 12.7 Å². The van der Waals surface area contributed by atoms with Gasteiger partial charge in [0.1, 0.15) is 12.2 Å². The minimum Gasteiger partial charge on any atom is -0.391 e. The van der Waals surface area contributed by atoms with Crippen molar-refractivity contribution in [3.63, 3.8) is 0 Å². The lowest BCUT2D eigenvalue weighted by Crippen LogP contribution is -2.46. The van der Waals surface area contributed by atoms with Crippen LogP contribution in [0.4, 0.5) is 0 Å². The molecule has 0 unspecified atom stereocenters. The molecule has 1 fully saturated rings. The van der Waals surface area contributed by atoms with Gasteiger partial charge in [-0.1, -0.05) is 0 Å². The number of aliphatic hydroxyl groups is 4. The maximum absolute atomic E-state index is 9.23. The summed E-state index contributed by atoms with van der Waals surface area (Å²) in [6.45, 7) is 0.775. The summed E-state index contributed by atoms with van der Waals surface area (Å²) in [6, 6.07) is 0. The molecule has 4 N–H and O–H groups in total. The SMILES string of the molecule is C[C@@H]1O[C@@](O)(CO)[C@H](O)[C@H]1O. The molecule has 5 nitrogen and oxygen atoms in total. The van der Waals surface area contributed by atoms with E-state index >= 15 is 0 Å². The van der Waals surface area contributed by atoms with Gasteiger partial charge in [0.2, 0.25) is 5.79 Å². The van der Waals surface area contributed by atoms with E-state index in [0.29, 0.717) is 0 Å². The second-order valence-electron chi connectivity index (χ2n) is 2.76. The van der Waals surface area contributed by atoms with E-state index in [1.165, 1.54) is 6.92 Å². The fourth-order valence-electron chi connectivity index (χ4n) is 1.12. The molecule has 0 aromatic carbocycles. The molecule has 1 rings (SSSR count). The fraction of sp³-hybridized carbons (Fsp3) is 1.00. The lowest BCUT2D eigenvalue weighted by Gasteiger charge is -2.22. The minimum absolute atomic E-state index is 0.665. The van der Waals surface area contributed by atoms with Crippen LogP contribution >= 0.6 is 0 Å². The van der Waals surface area contributed by atoms with Gasteiger partial charge in [-0.25, -0.2) is 0 Å². The number of ether oxygens (including phenoxy) is 1. The Labute approximate surface area is 63.8 Å². The van der Waals surface area contributed by atoms with E-state index in [1.54, 1.807) is 0 Å². The zero-order valence-corrected chi connectivity index (χ0v) is 6.14. The molecule has 0 aromatic rings. The van der Waals surface area contributed by atoms with Crippen molar-refractivity contribution in [3.05, 3.63) is 0 Å². The van der Waals surface area contributed by atoms with Crippen molar-refractivity contribution in [2.45, 2.75) is 31.0 Å². The van der Waals surface area contributed by atoms with E-state index in [1.807, 2.05) is 0 Å². The van der Waals surface area contributed by atoms with Crippen LogP contribution in [-0.2, 0) is 4.74 Å². The van der Waals surface area contributed by atoms with E-state index in [2.05, 4.69) is 0 Å². The van der Waals surface area contributed by atoms with Crippen LogP contribution in [-0.4, -0.2) is 51.1 Å². The Morgan fingerprint density at radius 1 is 1.45 bits per heavy atom. The summed E-state index contributed by atoms with van der Waals surface area (Å²) >= 11 is 0. The normalized spacial score (nSPS) is 51.5. The average molecular weight is 164 g/mol. The van der Waals surface area contributed by atoms with Gasteiger partial charge >= 0.3 is 0 Å². The van der Waals surface area contributed by atoms with E-state index in [9.17, 15) is 5.11 Å². The Bertz CT molecular complexity index is 150. The van der Waals surface area contributed by atoms with Crippen LogP contribution in [0.3, 0.4) is 0 Å². The molecule has 66 valence electrons. The van der Waals surface area contributed by atoms with Gasteiger partial charge in [0.15, 0.2) is 0 Å². The number of aliphatic hydroxyl groups excluding tert-OH is 3. The first-order chi connectivity index (χ1) is 5.01. The summed E-state index contributed by atoms with van der Waals surface area (Å²) in [5.41, 5.74) is 0. The topological polar surface area (TPSA) is 90.2 Å². The highest BCUT2D eigenvalue weighted by Gasteiger charge is 2.51. The Hall–Kier alpha value is -0.200. The van der Waals surface area contributed by atoms with Crippen LogP contribution in [0.1, 0.15) is 6.92 Å². The number of hydrogen-bond acceptors (Lipinski definition) is 5. The average Bonchev–Trinajstić information content (AvgIpc) is 2.17. The van der Waals surface area contributed by atoms with Gasteiger partial charge in [0.25, 0.3) is 0 Å². The van der Waals surface area contributed by atoms with E-state index in [4.69, 9.17) is 20.1 Å².